The zero-order valence-electron chi connectivity index (χ0n) is 21.7. The molecule has 5 N–H and O–H groups in total. The third-order valence-corrected chi connectivity index (χ3v) is 5.97. The zero-order chi connectivity index (χ0) is 29.7. The monoisotopic (exact) mass is 579 g/mol. The van der Waals surface area contributed by atoms with Gasteiger partial charge >= 0.3 is 6.18 Å². The molecule has 3 aromatic heterocycles. The van der Waals surface area contributed by atoms with E-state index in [-0.39, 0.29) is 48.6 Å². The van der Waals surface area contributed by atoms with Crippen molar-refractivity contribution in [1.82, 2.24) is 34.8 Å². The molecule has 4 rings (SSSR count). The number of hydrogen-bond donors (Lipinski definition) is 4. The molecule has 11 nitrogen and oxygen atoms in total. The van der Waals surface area contributed by atoms with E-state index in [0.29, 0.717) is 27.9 Å². The van der Waals surface area contributed by atoms with Crippen LogP contribution in [0.4, 0.5) is 33.5 Å². The van der Waals surface area contributed by atoms with Crippen LogP contribution in [0.3, 0.4) is 0 Å². The molecule has 0 radical (unpaired) electrons. The summed E-state index contributed by atoms with van der Waals surface area (Å²) in [6.45, 7) is 1.16. The smallest absolute Gasteiger partial charge is 0.353 e. The number of carbonyl (C=O) groups excluding carboxylic acids is 2. The lowest BCUT2D eigenvalue weighted by molar-refractivity contribution is -0.141. The molecular weight excluding hydrogens is 553 g/mol. The molecule has 0 bridgehead atoms. The van der Waals surface area contributed by atoms with Crippen LogP contribution in [-0.4, -0.2) is 62.0 Å². The summed E-state index contributed by atoms with van der Waals surface area (Å²) < 4.78 is 68.6. The molecule has 0 aliphatic carbocycles. The molecule has 16 heteroatoms. The predicted molar refractivity (Wildman–Crippen MR) is 139 cm³/mol. The second-order valence-corrected chi connectivity index (χ2v) is 8.78. The van der Waals surface area contributed by atoms with Gasteiger partial charge in [0.15, 0.2) is 17.2 Å². The normalized spacial score (nSPS) is 11.7. The predicted octanol–water partition coefficient (Wildman–Crippen LogP) is 2.99. The van der Waals surface area contributed by atoms with Crippen molar-refractivity contribution in [2.75, 3.05) is 25.0 Å². The topological polar surface area (TPSA) is 144 Å². The van der Waals surface area contributed by atoms with Crippen molar-refractivity contribution in [1.29, 1.82) is 0 Å². The third kappa shape index (κ3) is 6.77. The number of halogens is 5. The average Bonchev–Trinajstić information content (AvgIpc) is 3.55. The minimum Gasteiger partial charge on any atom is -0.353 e. The van der Waals surface area contributed by atoms with E-state index in [1.165, 1.54) is 23.0 Å². The second kappa shape index (κ2) is 12.3. The lowest BCUT2D eigenvalue weighted by Crippen LogP contribution is -2.37. The Morgan fingerprint density at radius 1 is 1.12 bits per heavy atom. The van der Waals surface area contributed by atoms with Crippen LogP contribution in [0.5, 0.6) is 0 Å². The van der Waals surface area contributed by atoms with E-state index in [0.717, 1.165) is 6.20 Å². The molecule has 0 aliphatic heterocycles. The minimum absolute atomic E-state index is 0.0118. The molecule has 0 spiro atoms. The van der Waals surface area contributed by atoms with Crippen molar-refractivity contribution < 1.29 is 31.5 Å². The summed E-state index contributed by atoms with van der Waals surface area (Å²) in [4.78, 5) is 32.3. The van der Waals surface area contributed by atoms with Crippen molar-refractivity contribution in [2.45, 2.75) is 32.5 Å². The van der Waals surface area contributed by atoms with Gasteiger partial charge in [-0.3, -0.25) is 18.7 Å². The van der Waals surface area contributed by atoms with E-state index >= 15 is 0 Å². The lowest BCUT2D eigenvalue weighted by atomic mass is 10.0. The van der Waals surface area contributed by atoms with Crippen LogP contribution < -0.4 is 21.7 Å². The van der Waals surface area contributed by atoms with Crippen LogP contribution in [-0.2, 0) is 23.9 Å². The highest BCUT2D eigenvalue weighted by Gasteiger charge is 2.38. The van der Waals surface area contributed by atoms with Crippen molar-refractivity contribution >= 4 is 29.0 Å². The number of hydrogen-bond acceptors (Lipinski definition) is 7. The van der Waals surface area contributed by atoms with Gasteiger partial charge in [-0.15, -0.1) is 0 Å². The molecule has 0 unspecified atom stereocenters. The molecule has 4 aromatic rings. The van der Waals surface area contributed by atoms with Crippen molar-refractivity contribution in [2.24, 2.45) is 5.73 Å². The number of nitrogens with zero attached hydrogens (tertiary/aromatic N) is 5. The number of anilines is 2. The van der Waals surface area contributed by atoms with E-state index < -0.39 is 30.4 Å². The van der Waals surface area contributed by atoms with E-state index in [2.05, 4.69) is 31.0 Å². The van der Waals surface area contributed by atoms with Gasteiger partial charge in [-0.05, 0) is 30.2 Å². The van der Waals surface area contributed by atoms with Crippen LogP contribution in [0.25, 0.3) is 16.9 Å². The molecule has 41 heavy (non-hydrogen) atoms. The summed E-state index contributed by atoms with van der Waals surface area (Å²) in [5, 5.41) is 11.7. The van der Waals surface area contributed by atoms with Crippen molar-refractivity contribution in [3.05, 3.63) is 59.8 Å². The van der Waals surface area contributed by atoms with Crippen LogP contribution in [0.1, 0.15) is 28.5 Å². The van der Waals surface area contributed by atoms with Crippen LogP contribution in [0.15, 0.2) is 43.0 Å². The number of imidazole rings is 1. The number of benzene rings is 1. The second-order valence-electron chi connectivity index (χ2n) is 8.78. The maximum absolute atomic E-state index is 13.7. The fourth-order valence-corrected chi connectivity index (χ4v) is 4.13. The zero-order valence-corrected chi connectivity index (χ0v) is 21.7. The number of nitrogens with two attached hydrogens (primary N) is 1. The Balaban J connectivity index is 1.59. The van der Waals surface area contributed by atoms with Gasteiger partial charge < -0.3 is 21.7 Å². The van der Waals surface area contributed by atoms with Gasteiger partial charge in [0.2, 0.25) is 5.91 Å². The third-order valence-electron chi connectivity index (χ3n) is 5.97. The maximum atomic E-state index is 13.7. The maximum Gasteiger partial charge on any atom is 0.435 e. The highest BCUT2D eigenvalue weighted by Crippen LogP contribution is 2.37. The summed E-state index contributed by atoms with van der Waals surface area (Å²) >= 11 is 0. The van der Waals surface area contributed by atoms with Gasteiger partial charge in [0.05, 0.1) is 24.0 Å². The molecule has 0 fully saturated rings. The number of aromatic nitrogens is 5. The number of fused-ring (bicyclic) bond motifs is 1. The summed E-state index contributed by atoms with van der Waals surface area (Å²) in [6, 6.07) is 4.98. The van der Waals surface area contributed by atoms with Gasteiger partial charge in [0.1, 0.15) is 6.54 Å². The largest absolute Gasteiger partial charge is 0.435 e. The van der Waals surface area contributed by atoms with Gasteiger partial charge in [0.25, 0.3) is 12.3 Å². The number of aryl methyl sites for hydroxylation is 1. The number of alkyl halides is 5. The van der Waals surface area contributed by atoms with Crippen LogP contribution in [0, 0.1) is 0 Å². The van der Waals surface area contributed by atoms with E-state index in [4.69, 9.17) is 5.73 Å². The first-order valence-corrected chi connectivity index (χ1v) is 12.4. The van der Waals surface area contributed by atoms with E-state index in [1.54, 1.807) is 18.2 Å². The van der Waals surface area contributed by atoms with Gasteiger partial charge in [-0.1, -0.05) is 6.92 Å². The number of rotatable bonds is 11. The highest BCUT2D eigenvalue weighted by atomic mass is 19.4. The molecule has 2 amide bonds. The SMILES string of the molecule is CCc1cc(Nc2nccn3c(-c4cn(CC(F)F)nc4C(F)(F)F)cnc23)ccc1C(=O)NCCNC(=O)CN. The van der Waals surface area contributed by atoms with Crippen LogP contribution in [0.2, 0.25) is 0 Å². The number of carbonyl (C=O) groups is 2. The van der Waals surface area contributed by atoms with Gasteiger partial charge in [-0.2, -0.15) is 18.3 Å². The fraction of sp³-hybridized carbons (Fsp3) is 0.320. The first-order chi connectivity index (χ1) is 19.5. The Labute approximate surface area is 229 Å². The Morgan fingerprint density at radius 2 is 1.88 bits per heavy atom. The number of nitrogens with one attached hydrogen (secondary N) is 3. The molecule has 0 saturated carbocycles. The number of amides is 2. The van der Waals surface area contributed by atoms with Gasteiger partial charge in [0, 0.05) is 42.9 Å². The molecule has 0 atom stereocenters. The molecule has 0 saturated heterocycles. The summed E-state index contributed by atoms with van der Waals surface area (Å²) in [5.74, 6) is -0.455. The van der Waals surface area contributed by atoms with Gasteiger partial charge in [-0.25, -0.2) is 18.7 Å². The summed E-state index contributed by atoms with van der Waals surface area (Å²) in [5.41, 5.74) is 5.35. The Hall–Kier alpha value is -4.60. The minimum atomic E-state index is -4.88. The molecule has 3 heterocycles. The summed E-state index contributed by atoms with van der Waals surface area (Å²) in [7, 11) is 0. The standard InChI is InChI=1S/C25H26F5N9O2/c1-2-14-9-15(3-4-16(14)24(41)34-6-5-32-20(40)10-31)36-22-23-35-11-18(39(23)8-7-33-22)17-12-38(13-19(26)27)37-21(17)25(28,29)30/h3-4,7-9,11-12,19H,2,5-6,10,13,31H2,1H3,(H,32,40)(H,33,36)(H,34,41). The average molecular weight is 580 g/mol. The molecule has 0 aliphatic rings. The Bertz CT molecular complexity index is 1550. The lowest BCUT2D eigenvalue weighted by Gasteiger charge is -2.13. The quantitative estimate of drug-likeness (QED) is 0.158. The highest BCUT2D eigenvalue weighted by molar-refractivity contribution is 5.96. The Morgan fingerprint density at radius 3 is 2.56 bits per heavy atom. The first-order valence-electron chi connectivity index (χ1n) is 12.4. The Kier molecular flexibility index (Phi) is 8.80. The van der Waals surface area contributed by atoms with E-state index in [9.17, 15) is 31.5 Å². The van der Waals surface area contributed by atoms with Crippen LogP contribution >= 0.6 is 0 Å². The molecular formula is C25H26F5N9O2. The molecule has 1 aromatic carbocycles. The fourth-order valence-electron chi connectivity index (χ4n) is 4.13. The first kappa shape index (κ1) is 29.4. The summed E-state index contributed by atoms with van der Waals surface area (Å²) in [6.07, 6.45) is -2.42. The van der Waals surface area contributed by atoms with E-state index in [1.807, 2.05) is 6.92 Å². The van der Waals surface area contributed by atoms with Crippen molar-refractivity contribution in [3.8, 4) is 11.3 Å². The molecule has 218 valence electrons. The van der Waals surface area contributed by atoms with Crippen molar-refractivity contribution in [3.63, 3.8) is 0 Å².